The quantitative estimate of drug-likeness (QED) is 0.850. The molecular formula is C16H21NO3. The van der Waals surface area contributed by atoms with Crippen molar-refractivity contribution in [2.45, 2.75) is 45.5 Å². The molecule has 2 atom stereocenters. The number of amides is 2. The Kier molecular flexibility index (Phi) is 1.79. The number of imide groups is 1. The molecule has 0 N–H and O–H groups in total. The van der Waals surface area contributed by atoms with Gasteiger partial charge in [0.25, 0.3) is 0 Å². The highest BCUT2D eigenvalue weighted by Gasteiger charge is 2.42. The van der Waals surface area contributed by atoms with E-state index in [1.165, 1.54) is 6.92 Å². The van der Waals surface area contributed by atoms with Gasteiger partial charge >= 0.3 is 6.09 Å². The van der Waals surface area contributed by atoms with Crippen LogP contribution >= 0.6 is 0 Å². The first-order valence-electron chi connectivity index (χ1n) is 11.4. The van der Waals surface area contributed by atoms with Crippen molar-refractivity contribution in [2.75, 3.05) is 0 Å². The molecule has 0 unspecified atom stereocenters. The van der Waals surface area contributed by atoms with E-state index in [2.05, 4.69) is 0 Å². The van der Waals surface area contributed by atoms with Gasteiger partial charge in [-0.15, -0.1) is 0 Å². The summed E-state index contributed by atoms with van der Waals surface area (Å²) in [6.07, 6.45) is -10.2. The Morgan fingerprint density at radius 1 is 1.50 bits per heavy atom. The minimum Gasteiger partial charge on any atom is -0.439 e. The SMILES string of the molecule is [2H]C([2H])([2H])C([2H])(C([2H])([2H])[2H])C([2H])([2H])C([2H])([2H])C(=O)N1C(=O)O[C@@H](c2ccccc2)[C@H]1C. The summed E-state index contributed by atoms with van der Waals surface area (Å²) in [5, 5.41) is 0. The number of carbonyl (C=O) groups excluding carboxylic acids is 2. The number of hydrogen-bond donors (Lipinski definition) is 0. The lowest BCUT2D eigenvalue weighted by Gasteiger charge is -2.19. The van der Waals surface area contributed by atoms with E-state index in [0.29, 0.717) is 5.56 Å². The van der Waals surface area contributed by atoms with E-state index in [4.69, 9.17) is 19.8 Å². The molecular weight excluding hydrogens is 254 g/mol. The standard InChI is InChI=1S/C16H21NO3/c1-11(2)9-10-14(18)17-12(3)15(20-16(17)19)13-7-5-4-6-8-13/h4-8,11-12,15H,9-10H2,1-3H3/t12-,15-/m1/s1/i1D3,2D3,9D2,10D2,11D. The zero-order valence-electron chi connectivity index (χ0n) is 21.7. The van der Waals surface area contributed by atoms with Crippen LogP contribution < -0.4 is 0 Å². The second-order valence-electron chi connectivity index (χ2n) is 4.26. The zero-order chi connectivity index (χ0) is 24.2. The maximum Gasteiger partial charge on any atom is 0.417 e. The summed E-state index contributed by atoms with van der Waals surface area (Å²) in [5.74, 6) is -5.85. The van der Waals surface area contributed by atoms with Crippen molar-refractivity contribution < 1.29 is 29.4 Å². The number of rotatable bonds is 4. The van der Waals surface area contributed by atoms with Crippen molar-refractivity contribution in [1.82, 2.24) is 4.90 Å². The van der Waals surface area contributed by atoms with Gasteiger partial charge in [-0.1, -0.05) is 44.0 Å². The van der Waals surface area contributed by atoms with Gasteiger partial charge in [0.05, 0.1) is 6.04 Å². The van der Waals surface area contributed by atoms with Gasteiger partial charge in [0, 0.05) is 21.5 Å². The molecule has 0 aromatic heterocycles. The fourth-order valence-corrected chi connectivity index (χ4v) is 2.00. The van der Waals surface area contributed by atoms with Crippen LogP contribution in [0.3, 0.4) is 0 Å². The molecule has 108 valence electrons. The fraction of sp³-hybridized carbons (Fsp3) is 0.500. The summed E-state index contributed by atoms with van der Waals surface area (Å²) >= 11 is 0. The molecule has 1 aliphatic heterocycles. The summed E-state index contributed by atoms with van der Waals surface area (Å²) in [6.45, 7) is -6.33. The van der Waals surface area contributed by atoms with Crippen LogP contribution in [0.25, 0.3) is 0 Å². The predicted molar refractivity (Wildman–Crippen MR) is 76.0 cm³/mol. The van der Waals surface area contributed by atoms with Crippen molar-refractivity contribution >= 4 is 12.0 Å². The molecule has 0 radical (unpaired) electrons. The van der Waals surface area contributed by atoms with Gasteiger partial charge in [0.15, 0.2) is 0 Å². The van der Waals surface area contributed by atoms with Crippen LogP contribution in [-0.4, -0.2) is 22.9 Å². The maximum absolute atomic E-state index is 13.0. The van der Waals surface area contributed by atoms with Crippen LogP contribution in [0.5, 0.6) is 0 Å². The Balaban J connectivity index is 2.51. The Morgan fingerprint density at radius 3 is 2.85 bits per heavy atom. The van der Waals surface area contributed by atoms with Crippen molar-refractivity contribution in [3.8, 4) is 0 Å². The van der Waals surface area contributed by atoms with E-state index >= 15 is 0 Å². The van der Waals surface area contributed by atoms with Crippen molar-refractivity contribution in [3.63, 3.8) is 0 Å². The van der Waals surface area contributed by atoms with Gasteiger partial charge in [0.2, 0.25) is 5.91 Å². The van der Waals surface area contributed by atoms with E-state index in [9.17, 15) is 9.59 Å². The number of ether oxygens (including phenoxy) is 1. The Morgan fingerprint density at radius 2 is 2.20 bits per heavy atom. The van der Waals surface area contributed by atoms with Crippen LogP contribution in [0.2, 0.25) is 0 Å². The molecule has 1 aromatic rings. The lowest BCUT2D eigenvalue weighted by atomic mass is 10.0. The van der Waals surface area contributed by atoms with Crippen LogP contribution in [0.15, 0.2) is 30.3 Å². The lowest BCUT2D eigenvalue weighted by Crippen LogP contribution is -2.37. The zero-order valence-corrected chi connectivity index (χ0v) is 10.7. The Labute approximate surface area is 135 Å². The minimum atomic E-state index is -4.06. The molecule has 2 rings (SSSR count). The average molecular weight is 286 g/mol. The maximum atomic E-state index is 13.0. The highest BCUT2D eigenvalue weighted by atomic mass is 16.6. The summed E-state index contributed by atoms with van der Waals surface area (Å²) in [4.78, 5) is 25.6. The van der Waals surface area contributed by atoms with Gasteiger partial charge in [-0.25, -0.2) is 9.69 Å². The van der Waals surface area contributed by atoms with Crippen LogP contribution in [0.4, 0.5) is 4.79 Å². The molecule has 1 aliphatic rings. The lowest BCUT2D eigenvalue weighted by molar-refractivity contribution is -0.129. The smallest absolute Gasteiger partial charge is 0.417 e. The van der Waals surface area contributed by atoms with Gasteiger partial charge < -0.3 is 4.74 Å². The van der Waals surface area contributed by atoms with Gasteiger partial charge in [0.1, 0.15) is 6.10 Å². The summed E-state index contributed by atoms with van der Waals surface area (Å²) in [6, 6.07) is 7.04. The van der Waals surface area contributed by atoms with Crippen molar-refractivity contribution in [3.05, 3.63) is 35.9 Å². The third-order valence-electron chi connectivity index (χ3n) is 2.91. The molecule has 0 saturated carbocycles. The number of nitrogens with zero attached hydrogens (tertiary/aromatic N) is 1. The second kappa shape index (κ2) is 6.07. The summed E-state index contributed by atoms with van der Waals surface area (Å²) in [5.41, 5.74) is 0.474. The average Bonchev–Trinajstić information content (AvgIpc) is 2.93. The van der Waals surface area contributed by atoms with Gasteiger partial charge in [-0.05, 0) is 24.8 Å². The number of benzene rings is 1. The molecule has 2 amide bonds. The number of carbonyl (C=O) groups is 2. The van der Waals surface area contributed by atoms with E-state index in [1.54, 1.807) is 30.3 Å². The van der Waals surface area contributed by atoms with E-state index in [-0.39, 0.29) is 4.90 Å². The highest BCUT2D eigenvalue weighted by Crippen LogP contribution is 2.32. The first kappa shape index (κ1) is 5.88. The molecule has 0 bridgehead atoms. The summed E-state index contributed by atoms with van der Waals surface area (Å²) in [7, 11) is 0. The Hall–Kier alpha value is -1.84. The molecule has 1 saturated heterocycles. The number of cyclic esters (lactones) is 1. The van der Waals surface area contributed by atoms with Crippen LogP contribution in [-0.2, 0) is 9.53 Å². The number of hydrogen-bond acceptors (Lipinski definition) is 3. The van der Waals surface area contributed by atoms with E-state index < -0.39 is 56.5 Å². The Bertz CT molecular complexity index is 837. The molecule has 20 heavy (non-hydrogen) atoms. The minimum absolute atomic E-state index is 0.287. The molecule has 4 heteroatoms. The molecule has 4 nitrogen and oxygen atoms in total. The van der Waals surface area contributed by atoms with Gasteiger partial charge in [-0.3, -0.25) is 4.79 Å². The monoisotopic (exact) mass is 286 g/mol. The summed E-state index contributed by atoms with van der Waals surface area (Å²) < 4.78 is 89.7. The van der Waals surface area contributed by atoms with Gasteiger partial charge in [-0.2, -0.15) is 0 Å². The first-order valence-corrected chi connectivity index (χ1v) is 5.91. The third kappa shape index (κ3) is 3.00. The fourth-order valence-electron chi connectivity index (χ4n) is 2.00. The second-order valence-corrected chi connectivity index (χ2v) is 4.26. The van der Waals surface area contributed by atoms with E-state index in [1.807, 2.05) is 0 Å². The molecule has 0 aliphatic carbocycles. The first-order chi connectivity index (χ1) is 13.8. The molecule has 1 heterocycles. The van der Waals surface area contributed by atoms with Crippen molar-refractivity contribution in [1.29, 1.82) is 0 Å². The highest BCUT2D eigenvalue weighted by molar-refractivity contribution is 5.93. The van der Waals surface area contributed by atoms with E-state index in [0.717, 1.165) is 0 Å². The largest absolute Gasteiger partial charge is 0.439 e. The normalized spacial score (nSPS) is 33.5. The molecule has 1 fully saturated rings. The molecule has 0 spiro atoms. The third-order valence-corrected chi connectivity index (χ3v) is 2.91. The van der Waals surface area contributed by atoms with Crippen LogP contribution in [0, 0.1) is 5.89 Å². The topological polar surface area (TPSA) is 46.6 Å². The predicted octanol–water partition coefficient (Wildman–Crippen LogP) is 3.53. The molecule has 1 aromatic carbocycles. The van der Waals surface area contributed by atoms with Crippen molar-refractivity contribution in [2.24, 2.45) is 5.89 Å². The van der Waals surface area contributed by atoms with Crippen LogP contribution in [0.1, 0.15) is 60.1 Å².